The molecule has 1 aliphatic heterocycles. The van der Waals surface area contributed by atoms with E-state index in [0.29, 0.717) is 31.8 Å². The zero-order chi connectivity index (χ0) is 24.4. The van der Waals surface area contributed by atoms with Gasteiger partial charge in [0.1, 0.15) is 6.61 Å². The predicted octanol–water partition coefficient (Wildman–Crippen LogP) is 3.97. The predicted molar refractivity (Wildman–Crippen MR) is 134 cm³/mol. The smallest absolute Gasteiger partial charge is 0.407 e. The molecule has 2 atom stereocenters. The van der Waals surface area contributed by atoms with E-state index in [4.69, 9.17) is 4.74 Å². The van der Waals surface area contributed by atoms with Crippen molar-refractivity contribution < 1.29 is 24.2 Å². The van der Waals surface area contributed by atoms with Crippen LogP contribution in [0.15, 0.2) is 48.5 Å². The van der Waals surface area contributed by atoms with Gasteiger partial charge in [0.05, 0.1) is 11.2 Å². The minimum Gasteiger partial charge on any atom is -0.481 e. The largest absolute Gasteiger partial charge is 0.481 e. The molecule has 1 saturated carbocycles. The van der Waals surface area contributed by atoms with E-state index in [-0.39, 0.29) is 30.1 Å². The Kier molecular flexibility index (Phi) is 6.73. The number of hydrogen-bond acceptors (Lipinski definition) is 5. The fourth-order valence-electron chi connectivity index (χ4n) is 5.95. The number of thioether (sulfide) groups is 1. The SMILES string of the molecule is O=C(NCCSCC(=O)N1C[C@@H]2CCC[C@]2(C(=O)O)C1)OCC1c2ccccc2-c2ccccc21. The fourth-order valence-corrected chi connectivity index (χ4v) is 6.70. The number of fused-ring (bicyclic) bond motifs is 4. The summed E-state index contributed by atoms with van der Waals surface area (Å²) in [5.74, 6) is 0.172. The second-order valence-electron chi connectivity index (χ2n) is 9.63. The highest BCUT2D eigenvalue weighted by Crippen LogP contribution is 2.49. The number of hydrogen-bond donors (Lipinski definition) is 2. The first-order valence-electron chi connectivity index (χ1n) is 12.2. The molecule has 0 unspecified atom stereocenters. The number of nitrogens with one attached hydrogen (secondary N) is 1. The molecule has 7 nitrogen and oxygen atoms in total. The van der Waals surface area contributed by atoms with Crippen LogP contribution in [0.25, 0.3) is 11.1 Å². The summed E-state index contributed by atoms with van der Waals surface area (Å²) in [6, 6.07) is 16.4. The van der Waals surface area contributed by atoms with E-state index in [0.717, 1.165) is 12.8 Å². The highest BCUT2D eigenvalue weighted by atomic mass is 32.2. The third-order valence-electron chi connectivity index (χ3n) is 7.73. The Morgan fingerprint density at radius 3 is 2.43 bits per heavy atom. The van der Waals surface area contributed by atoms with Gasteiger partial charge in [0.2, 0.25) is 5.91 Å². The van der Waals surface area contributed by atoms with E-state index < -0.39 is 17.5 Å². The van der Waals surface area contributed by atoms with Crippen LogP contribution in [0, 0.1) is 11.3 Å². The third-order valence-corrected chi connectivity index (χ3v) is 8.68. The molecular formula is C27H30N2O5S. The maximum Gasteiger partial charge on any atom is 0.407 e. The fraction of sp³-hybridized carbons (Fsp3) is 0.444. The Morgan fingerprint density at radius 1 is 1.09 bits per heavy atom. The number of carboxylic acid groups (broad SMARTS) is 1. The lowest BCUT2D eigenvalue weighted by Gasteiger charge is -2.23. The van der Waals surface area contributed by atoms with Crippen LogP contribution in [0.5, 0.6) is 0 Å². The van der Waals surface area contributed by atoms with Crippen LogP contribution in [0.3, 0.4) is 0 Å². The second-order valence-corrected chi connectivity index (χ2v) is 10.7. The number of alkyl carbamates (subject to hydrolysis) is 1. The first-order chi connectivity index (χ1) is 17.0. The molecule has 8 heteroatoms. The van der Waals surface area contributed by atoms with Gasteiger partial charge in [0.15, 0.2) is 0 Å². The minimum atomic E-state index is -0.768. The van der Waals surface area contributed by atoms with Gasteiger partial charge in [0.25, 0.3) is 0 Å². The van der Waals surface area contributed by atoms with Crippen molar-refractivity contribution in [2.45, 2.75) is 25.2 Å². The zero-order valence-corrected chi connectivity index (χ0v) is 20.4. The Bertz CT molecular complexity index is 1090. The molecule has 0 spiro atoms. The highest BCUT2D eigenvalue weighted by Gasteiger charge is 2.55. The Hall–Kier alpha value is -3.00. The molecule has 2 aliphatic carbocycles. The second kappa shape index (κ2) is 9.93. The van der Waals surface area contributed by atoms with Crippen LogP contribution < -0.4 is 5.32 Å². The summed E-state index contributed by atoms with van der Waals surface area (Å²) in [5, 5.41) is 12.5. The maximum absolute atomic E-state index is 12.6. The number of nitrogens with zero attached hydrogens (tertiary/aromatic N) is 1. The minimum absolute atomic E-state index is 0.0221. The van der Waals surface area contributed by atoms with Gasteiger partial charge in [-0.05, 0) is 41.0 Å². The van der Waals surface area contributed by atoms with Gasteiger partial charge in [-0.1, -0.05) is 55.0 Å². The van der Waals surface area contributed by atoms with E-state index in [2.05, 4.69) is 29.6 Å². The maximum atomic E-state index is 12.6. The van der Waals surface area contributed by atoms with Crippen molar-refractivity contribution in [2.24, 2.45) is 11.3 Å². The number of aliphatic carboxylic acids is 1. The average molecular weight is 495 g/mol. The first-order valence-corrected chi connectivity index (χ1v) is 13.3. The summed E-state index contributed by atoms with van der Waals surface area (Å²) in [5.41, 5.74) is 3.98. The van der Waals surface area contributed by atoms with Crippen molar-refractivity contribution in [3.8, 4) is 11.1 Å². The average Bonchev–Trinajstić information content (AvgIpc) is 3.52. The molecule has 184 valence electrons. The monoisotopic (exact) mass is 494 g/mol. The van der Waals surface area contributed by atoms with Crippen LogP contribution in [0.2, 0.25) is 0 Å². The lowest BCUT2D eigenvalue weighted by Crippen LogP contribution is -2.37. The molecule has 2 aromatic carbocycles. The van der Waals surface area contributed by atoms with Gasteiger partial charge in [-0.15, -0.1) is 0 Å². The van der Waals surface area contributed by atoms with E-state index >= 15 is 0 Å². The molecule has 1 heterocycles. The van der Waals surface area contributed by atoms with Gasteiger partial charge in [0, 0.05) is 31.3 Å². The van der Waals surface area contributed by atoms with Crippen molar-refractivity contribution in [3.05, 3.63) is 59.7 Å². The highest BCUT2D eigenvalue weighted by molar-refractivity contribution is 7.99. The first kappa shape index (κ1) is 23.7. The van der Waals surface area contributed by atoms with Gasteiger partial charge >= 0.3 is 12.1 Å². The van der Waals surface area contributed by atoms with Gasteiger partial charge in [-0.3, -0.25) is 9.59 Å². The number of carbonyl (C=O) groups is 3. The summed E-state index contributed by atoms with van der Waals surface area (Å²) >= 11 is 1.44. The quantitative estimate of drug-likeness (QED) is 0.539. The van der Waals surface area contributed by atoms with Crippen LogP contribution in [0.1, 0.15) is 36.3 Å². The molecule has 5 rings (SSSR count). The molecule has 0 radical (unpaired) electrons. The third kappa shape index (κ3) is 4.51. The zero-order valence-electron chi connectivity index (χ0n) is 19.6. The molecule has 3 aliphatic rings. The van der Waals surface area contributed by atoms with Crippen LogP contribution >= 0.6 is 11.8 Å². The number of rotatable bonds is 8. The number of likely N-dealkylation sites (tertiary alicyclic amines) is 1. The van der Waals surface area contributed by atoms with Crippen molar-refractivity contribution in [1.82, 2.24) is 10.2 Å². The normalized spacial score (nSPS) is 22.4. The number of carboxylic acids is 1. The lowest BCUT2D eigenvalue weighted by molar-refractivity contribution is -0.149. The molecular weight excluding hydrogens is 464 g/mol. The van der Waals surface area contributed by atoms with Crippen molar-refractivity contribution in [2.75, 3.05) is 37.7 Å². The lowest BCUT2D eigenvalue weighted by atomic mass is 9.81. The Morgan fingerprint density at radius 2 is 1.77 bits per heavy atom. The molecule has 1 saturated heterocycles. The standard InChI is InChI=1S/C27H30N2O5S/c30-24(29-14-18-6-5-11-27(18,17-29)25(31)32)16-35-13-12-28-26(33)34-15-23-21-9-3-1-7-19(21)20-8-2-4-10-22(20)23/h1-4,7-10,18,23H,5-6,11-17H2,(H,28,33)(H,31,32)/t18-,27-/m0/s1. The van der Waals surface area contributed by atoms with Gasteiger partial charge < -0.3 is 20.1 Å². The van der Waals surface area contributed by atoms with Crippen molar-refractivity contribution in [1.29, 1.82) is 0 Å². The van der Waals surface area contributed by atoms with Crippen molar-refractivity contribution >= 4 is 29.7 Å². The number of ether oxygens (including phenoxy) is 1. The van der Waals surface area contributed by atoms with Crippen LogP contribution in [0.4, 0.5) is 4.79 Å². The number of carbonyl (C=O) groups excluding carboxylic acids is 2. The summed E-state index contributed by atoms with van der Waals surface area (Å²) in [7, 11) is 0. The van der Waals surface area contributed by atoms with Gasteiger partial charge in [-0.25, -0.2) is 4.79 Å². The van der Waals surface area contributed by atoms with Crippen LogP contribution in [-0.4, -0.2) is 65.7 Å². The van der Waals surface area contributed by atoms with E-state index in [1.165, 1.54) is 34.0 Å². The summed E-state index contributed by atoms with van der Waals surface area (Å²) in [4.78, 5) is 38.4. The number of benzene rings is 2. The summed E-state index contributed by atoms with van der Waals surface area (Å²) in [6.07, 6.45) is 2.01. The number of amides is 2. The summed E-state index contributed by atoms with van der Waals surface area (Å²) in [6.45, 7) is 1.54. The summed E-state index contributed by atoms with van der Waals surface area (Å²) < 4.78 is 5.53. The van der Waals surface area contributed by atoms with E-state index in [1.54, 1.807) is 4.90 Å². The molecule has 0 bridgehead atoms. The Balaban J connectivity index is 1.03. The van der Waals surface area contributed by atoms with Crippen LogP contribution in [-0.2, 0) is 14.3 Å². The van der Waals surface area contributed by atoms with Gasteiger partial charge in [-0.2, -0.15) is 11.8 Å². The van der Waals surface area contributed by atoms with Crippen molar-refractivity contribution in [3.63, 3.8) is 0 Å². The molecule has 2 fully saturated rings. The molecule has 2 aromatic rings. The van der Waals surface area contributed by atoms with E-state index in [9.17, 15) is 19.5 Å². The molecule has 2 amide bonds. The van der Waals surface area contributed by atoms with E-state index in [1.807, 2.05) is 24.3 Å². The topological polar surface area (TPSA) is 95.9 Å². The molecule has 35 heavy (non-hydrogen) atoms. The molecule has 2 N–H and O–H groups in total. The Labute approximate surface area is 209 Å². The molecule has 0 aromatic heterocycles.